The Balaban J connectivity index is 2.07. The molecule has 0 aliphatic rings. The fourth-order valence-corrected chi connectivity index (χ4v) is 2.99. The third kappa shape index (κ3) is 4.45. The lowest BCUT2D eigenvalue weighted by Crippen LogP contribution is -2.07. The van der Waals surface area contributed by atoms with Crippen molar-refractivity contribution in [3.05, 3.63) is 48.3 Å². The van der Waals surface area contributed by atoms with Crippen LogP contribution in [0.2, 0.25) is 0 Å². The molecular formula is C15H10FNO9S2. The number of hydrogen-bond donors (Lipinski definition) is 2. The van der Waals surface area contributed by atoms with E-state index in [0.717, 1.165) is 18.2 Å². The molecule has 0 saturated carbocycles. The average molecular weight is 431 g/mol. The number of aromatic nitrogens is 1. The molecule has 3 rings (SSSR count). The number of nitrogens with zero attached hydrogens (tertiary/aromatic N) is 1. The predicted octanol–water partition coefficient (Wildman–Crippen LogP) is 2.64. The van der Waals surface area contributed by atoms with Gasteiger partial charge in [-0.3, -0.25) is 9.11 Å². The Kier molecular flexibility index (Phi) is 4.84. The van der Waals surface area contributed by atoms with Crippen LogP contribution >= 0.6 is 0 Å². The smallest absolute Gasteiger partial charge is 0.435 e. The summed E-state index contributed by atoms with van der Waals surface area (Å²) >= 11 is 0. The van der Waals surface area contributed by atoms with Gasteiger partial charge in [-0.2, -0.15) is 16.8 Å². The van der Waals surface area contributed by atoms with E-state index in [0.29, 0.717) is 0 Å². The van der Waals surface area contributed by atoms with Gasteiger partial charge in [-0.1, -0.05) is 12.7 Å². The van der Waals surface area contributed by atoms with Crippen molar-refractivity contribution in [1.29, 1.82) is 0 Å². The molecule has 0 bridgehead atoms. The summed E-state index contributed by atoms with van der Waals surface area (Å²) in [6, 6.07) is 5.40. The van der Waals surface area contributed by atoms with Gasteiger partial charge < -0.3 is 12.8 Å². The summed E-state index contributed by atoms with van der Waals surface area (Å²) in [5, 5.41) is 0. The lowest BCUT2D eigenvalue weighted by Gasteiger charge is -2.03. The highest BCUT2D eigenvalue weighted by molar-refractivity contribution is 7.81. The standard InChI is InChI=1S/C15H10FNO9S2/c1-2-8-5-10(25-27(18,19)20)7-12-14(8)24-15(17-12)9-3-4-13(11(16)6-9)26-28(21,22)23/h2-7H,1H2,(H,18,19,20)(H,21,22,23). The number of rotatable bonds is 6. The van der Waals surface area contributed by atoms with E-state index in [1.54, 1.807) is 0 Å². The van der Waals surface area contributed by atoms with Crippen LogP contribution in [0.25, 0.3) is 28.6 Å². The molecule has 1 heterocycles. The molecule has 148 valence electrons. The molecule has 2 aromatic carbocycles. The molecule has 13 heteroatoms. The minimum atomic E-state index is -4.90. The maximum atomic E-state index is 14.0. The molecule has 0 aliphatic heterocycles. The van der Waals surface area contributed by atoms with Crippen LogP contribution in [0.15, 0.2) is 41.3 Å². The highest BCUT2D eigenvalue weighted by Gasteiger charge is 2.18. The molecular weight excluding hydrogens is 421 g/mol. The molecule has 10 nitrogen and oxygen atoms in total. The zero-order chi connectivity index (χ0) is 20.7. The van der Waals surface area contributed by atoms with Gasteiger partial charge in [0.15, 0.2) is 17.1 Å². The van der Waals surface area contributed by atoms with E-state index in [2.05, 4.69) is 19.9 Å². The van der Waals surface area contributed by atoms with Crippen molar-refractivity contribution < 1.29 is 43.1 Å². The molecule has 0 fully saturated rings. The number of hydrogen-bond acceptors (Lipinski definition) is 8. The summed E-state index contributed by atoms with van der Waals surface area (Å²) in [7, 11) is -9.67. The van der Waals surface area contributed by atoms with Crippen molar-refractivity contribution in [2.75, 3.05) is 0 Å². The molecule has 0 spiro atoms. The molecule has 2 N–H and O–H groups in total. The van der Waals surface area contributed by atoms with E-state index in [9.17, 15) is 21.2 Å². The van der Waals surface area contributed by atoms with Crippen LogP contribution in [0, 0.1) is 5.82 Å². The third-order valence-electron chi connectivity index (χ3n) is 3.29. The average Bonchev–Trinajstić information content (AvgIpc) is 2.97. The molecule has 0 atom stereocenters. The van der Waals surface area contributed by atoms with Crippen LogP contribution in [0.4, 0.5) is 4.39 Å². The summed E-state index contributed by atoms with van der Waals surface area (Å²) in [5.74, 6) is -2.21. The SMILES string of the molecule is C=Cc1cc(OS(=O)(=O)O)cc2nc(-c3ccc(OS(=O)(=O)O)c(F)c3)oc12. The quantitative estimate of drug-likeness (QED) is 0.557. The van der Waals surface area contributed by atoms with Crippen molar-refractivity contribution in [1.82, 2.24) is 4.98 Å². The molecule has 0 radical (unpaired) electrons. The second-order valence-corrected chi connectivity index (χ2v) is 7.30. The molecule has 3 aromatic rings. The molecule has 0 amide bonds. The van der Waals surface area contributed by atoms with Gasteiger partial charge in [-0.15, -0.1) is 0 Å². The molecule has 0 saturated heterocycles. The van der Waals surface area contributed by atoms with Crippen LogP contribution in [0.5, 0.6) is 11.5 Å². The first-order chi connectivity index (χ1) is 12.9. The molecule has 1 aromatic heterocycles. The van der Waals surface area contributed by atoms with Crippen molar-refractivity contribution in [3.63, 3.8) is 0 Å². The Hall–Kier alpha value is -3.00. The van der Waals surface area contributed by atoms with E-state index < -0.39 is 32.4 Å². The van der Waals surface area contributed by atoms with Gasteiger partial charge in [0.25, 0.3) is 0 Å². The Bertz CT molecular complexity index is 1300. The van der Waals surface area contributed by atoms with Crippen molar-refractivity contribution in [2.24, 2.45) is 0 Å². The van der Waals surface area contributed by atoms with Gasteiger partial charge >= 0.3 is 20.8 Å². The van der Waals surface area contributed by atoms with Gasteiger partial charge in [0.1, 0.15) is 11.3 Å². The van der Waals surface area contributed by atoms with Crippen LogP contribution in [-0.4, -0.2) is 30.9 Å². The first kappa shape index (κ1) is 19.8. The number of halogens is 1. The molecule has 0 aliphatic carbocycles. The fourth-order valence-electron chi connectivity index (χ4n) is 2.29. The Morgan fingerprint density at radius 2 is 1.75 bits per heavy atom. The topological polar surface area (TPSA) is 153 Å². The van der Waals surface area contributed by atoms with E-state index in [1.165, 1.54) is 18.2 Å². The predicted molar refractivity (Wildman–Crippen MR) is 93.8 cm³/mol. The summed E-state index contributed by atoms with van der Waals surface area (Å²) < 4.78 is 88.5. The van der Waals surface area contributed by atoms with E-state index >= 15 is 0 Å². The molecule has 0 unspecified atom stereocenters. The fraction of sp³-hybridized carbons (Fsp3) is 0. The number of benzene rings is 2. The zero-order valence-corrected chi connectivity index (χ0v) is 15.2. The maximum Gasteiger partial charge on any atom is 0.446 e. The first-order valence-corrected chi connectivity index (χ1v) is 9.89. The Morgan fingerprint density at radius 3 is 2.32 bits per heavy atom. The minimum Gasteiger partial charge on any atom is -0.435 e. The van der Waals surface area contributed by atoms with Crippen molar-refractivity contribution >= 4 is 38.0 Å². The first-order valence-electron chi connectivity index (χ1n) is 7.16. The van der Waals surface area contributed by atoms with E-state index in [4.69, 9.17) is 13.5 Å². The van der Waals surface area contributed by atoms with Gasteiger partial charge in [-0.05, 0) is 24.3 Å². The van der Waals surface area contributed by atoms with Crippen LogP contribution in [0.3, 0.4) is 0 Å². The molecule has 28 heavy (non-hydrogen) atoms. The number of fused-ring (bicyclic) bond motifs is 1. The second kappa shape index (κ2) is 6.87. The highest BCUT2D eigenvalue weighted by Crippen LogP contribution is 2.32. The monoisotopic (exact) mass is 431 g/mol. The van der Waals surface area contributed by atoms with Crippen LogP contribution in [-0.2, 0) is 20.8 Å². The minimum absolute atomic E-state index is 0.0867. The Labute approximate surface area is 157 Å². The third-order valence-corrected chi connectivity index (χ3v) is 4.08. The maximum absolute atomic E-state index is 14.0. The lowest BCUT2D eigenvalue weighted by atomic mass is 10.2. The summed E-state index contributed by atoms with van der Waals surface area (Å²) in [4.78, 5) is 4.08. The van der Waals surface area contributed by atoms with Crippen LogP contribution < -0.4 is 8.37 Å². The van der Waals surface area contributed by atoms with Gasteiger partial charge in [0, 0.05) is 17.2 Å². The second-order valence-electron chi connectivity index (χ2n) is 5.25. The van der Waals surface area contributed by atoms with Gasteiger partial charge in [-0.25, -0.2) is 9.37 Å². The van der Waals surface area contributed by atoms with Gasteiger partial charge in [0.2, 0.25) is 5.89 Å². The summed E-state index contributed by atoms with van der Waals surface area (Å²) in [6.45, 7) is 3.55. The summed E-state index contributed by atoms with van der Waals surface area (Å²) in [6.07, 6.45) is 1.32. The van der Waals surface area contributed by atoms with Crippen molar-refractivity contribution in [2.45, 2.75) is 0 Å². The zero-order valence-electron chi connectivity index (χ0n) is 13.6. The van der Waals surface area contributed by atoms with E-state index in [-0.39, 0.29) is 33.9 Å². The Morgan fingerprint density at radius 1 is 1.07 bits per heavy atom. The largest absolute Gasteiger partial charge is 0.446 e. The van der Waals surface area contributed by atoms with Crippen molar-refractivity contribution in [3.8, 4) is 23.0 Å². The lowest BCUT2D eigenvalue weighted by molar-refractivity contribution is 0.376. The van der Waals surface area contributed by atoms with Crippen LogP contribution in [0.1, 0.15) is 5.56 Å². The summed E-state index contributed by atoms with van der Waals surface area (Å²) in [5.41, 5.74) is 0.654. The highest BCUT2D eigenvalue weighted by atomic mass is 32.3. The number of oxazole rings is 1. The van der Waals surface area contributed by atoms with E-state index in [1.807, 2.05) is 0 Å². The normalized spacial score (nSPS) is 12.1. The van der Waals surface area contributed by atoms with Gasteiger partial charge in [0.05, 0.1) is 0 Å².